The summed E-state index contributed by atoms with van der Waals surface area (Å²) < 4.78 is 0. The third-order valence-corrected chi connectivity index (χ3v) is 6.87. The Hall–Kier alpha value is -0.260. The van der Waals surface area contributed by atoms with E-state index in [0.29, 0.717) is 0 Å². The standard InChI is InChI=1S/C31H62/c1-3-5-7-9-11-13-15-17-19-21-23-25-27-29-31-30-28-26-24-22-20-18-16-14-12-10-8-6-4-2/h13,15H,3-12,14,16-31H2,1-2H3. The second kappa shape index (κ2) is 29.7. The van der Waals surface area contributed by atoms with Gasteiger partial charge in [-0.1, -0.05) is 174 Å². The molecule has 0 radical (unpaired) electrons. The smallest absolute Gasteiger partial charge is 0.0351 e. The number of hydrogen-bond donors (Lipinski definition) is 0. The van der Waals surface area contributed by atoms with Gasteiger partial charge < -0.3 is 0 Å². The van der Waals surface area contributed by atoms with Crippen molar-refractivity contribution in [3.05, 3.63) is 12.2 Å². The highest BCUT2D eigenvalue weighted by molar-refractivity contribution is 4.81. The molecule has 0 fully saturated rings. The van der Waals surface area contributed by atoms with Crippen LogP contribution in [0.3, 0.4) is 0 Å². The van der Waals surface area contributed by atoms with Gasteiger partial charge in [0, 0.05) is 0 Å². The molecule has 0 aliphatic rings. The maximum absolute atomic E-state index is 2.43. The van der Waals surface area contributed by atoms with Crippen LogP contribution in [0.15, 0.2) is 12.2 Å². The molecule has 0 aromatic rings. The summed E-state index contributed by atoms with van der Waals surface area (Å²) >= 11 is 0. The third kappa shape index (κ3) is 29.7. The molecule has 186 valence electrons. The van der Waals surface area contributed by atoms with E-state index in [-0.39, 0.29) is 0 Å². The summed E-state index contributed by atoms with van der Waals surface area (Å²) in [6.07, 6.45) is 43.9. The molecule has 0 unspecified atom stereocenters. The Morgan fingerprint density at radius 1 is 0.258 bits per heavy atom. The minimum atomic E-state index is 1.30. The lowest BCUT2D eigenvalue weighted by atomic mass is 10.0. The molecule has 0 heterocycles. The SMILES string of the molecule is CCCCCCC=CCCCCCCCCCCCCCCCCCCCCCCC. The van der Waals surface area contributed by atoms with Gasteiger partial charge >= 0.3 is 0 Å². The van der Waals surface area contributed by atoms with Crippen LogP contribution >= 0.6 is 0 Å². The largest absolute Gasteiger partial charge is 0.0885 e. The molecule has 31 heavy (non-hydrogen) atoms. The highest BCUT2D eigenvalue weighted by Gasteiger charge is 1.95. The highest BCUT2D eigenvalue weighted by Crippen LogP contribution is 2.15. The zero-order chi connectivity index (χ0) is 22.5. The first-order valence-corrected chi connectivity index (χ1v) is 15.1. The first-order chi connectivity index (χ1) is 15.4. The van der Waals surface area contributed by atoms with E-state index in [9.17, 15) is 0 Å². The van der Waals surface area contributed by atoms with E-state index in [0.717, 1.165) is 0 Å². The fourth-order valence-corrected chi connectivity index (χ4v) is 4.62. The van der Waals surface area contributed by atoms with Crippen molar-refractivity contribution >= 4 is 0 Å². The lowest BCUT2D eigenvalue weighted by Crippen LogP contribution is -1.84. The molecule has 0 spiro atoms. The van der Waals surface area contributed by atoms with Gasteiger partial charge in [-0.05, 0) is 25.7 Å². The van der Waals surface area contributed by atoms with Crippen LogP contribution in [0.1, 0.15) is 187 Å². The topological polar surface area (TPSA) is 0 Å². The molecule has 0 aliphatic heterocycles. The van der Waals surface area contributed by atoms with Crippen molar-refractivity contribution in [3.8, 4) is 0 Å². The summed E-state index contributed by atoms with van der Waals surface area (Å²) in [5.41, 5.74) is 0. The van der Waals surface area contributed by atoms with Crippen LogP contribution < -0.4 is 0 Å². The summed E-state index contributed by atoms with van der Waals surface area (Å²) in [4.78, 5) is 0. The Morgan fingerprint density at radius 3 is 0.710 bits per heavy atom. The van der Waals surface area contributed by atoms with Gasteiger partial charge in [0.05, 0.1) is 0 Å². The Morgan fingerprint density at radius 2 is 0.452 bits per heavy atom. The van der Waals surface area contributed by atoms with E-state index in [1.165, 1.54) is 173 Å². The number of allylic oxidation sites excluding steroid dienone is 2. The molecule has 0 bridgehead atoms. The third-order valence-electron chi connectivity index (χ3n) is 6.87. The van der Waals surface area contributed by atoms with Gasteiger partial charge in [0.25, 0.3) is 0 Å². The van der Waals surface area contributed by atoms with Crippen LogP contribution in [0.2, 0.25) is 0 Å². The van der Waals surface area contributed by atoms with Crippen molar-refractivity contribution in [1.29, 1.82) is 0 Å². The van der Waals surface area contributed by atoms with E-state index in [1.54, 1.807) is 0 Å². The summed E-state index contributed by atoms with van der Waals surface area (Å²) in [6, 6.07) is 0. The van der Waals surface area contributed by atoms with E-state index in [4.69, 9.17) is 0 Å². The van der Waals surface area contributed by atoms with Crippen LogP contribution in [-0.4, -0.2) is 0 Å². The Bertz CT molecular complexity index is 316. The van der Waals surface area contributed by atoms with Gasteiger partial charge in [-0.15, -0.1) is 0 Å². The van der Waals surface area contributed by atoms with E-state index in [1.807, 2.05) is 0 Å². The van der Waals surface area contributed by atoms with Gasteiger partial charge in [-0.25, -0.2) is 0 Å². The number of unbranched alkanes of at least 4 members (excludes halogenated alkanes) is 25. The van der Waals surface area contributed by atoms with Crippen LogP contribution in [0.4, 0.5) is 0 Å². The van der Waals surface area contributed by atoms with Crippen LogP contribution in [0, 0.1) is 0 Å². The maximum Gasteiger partial charge on any atom is -0.0351 e. The first kappa shape index (κ1) is 30.7. The molecule has 0 saturated heterocycles. The van der Waals surface area contributed by atoms with Crippen LogP contribution in [-0.2, 0) is 0 Å². The number of rotatable bonds is 27. The van der Waals surface area contributed by atoms with Crippen molar-refractivity contribution < 1.29 is 0 Å². The monoisotopic (exact) mass is 434 g/mol. The highest BCUT2D eigenvalue weighted by atomic mass is 14.0. The molecule has 0 nitrogen and oxygen atoms in total. The predicted molar refractivity (Wildman–Crippen MR) is 145 cm³/mol. The zero-order valence-corrected chi connectivity index (χ0v) is 22.2. The van der Waals surface area contributed by atoms with E-state index >= 15 is 0 Å². The molecule has 0 saturated carbocycles. The molecule has 0 amide bonds. The van der Waals surface area contributed by atoms with Crippen molar-refractivity contribution in [1.82, 2.24) is 0 Å². The van der Waals surface area contributed by atoms with Crippen LogP contribution in [0.25, 0.3) is 0 Å². The second-order valence-electron chi connectivity index (χ2n) is 10.2. The first-order valence-electron chi connectivity index (χ1n) is 15.1. The molecule has 0 heteroatoms. The fraction of sp³-hybridized carbons (Fsp3) is 0.935. The quantitative estimate of drug-likeness (QED) is 0.0890. The van der Waals surface area contributed by atoms with Crippen molar-refractivity contribution in [2.24, 2.45) is 0 Å². The molecular formula is C31H62. The maximum atomic E-state index is 2.43. The number of hydrogen-bond acceptors (Lipinski definition) is 0. The van der Waals surface area contributed by atoms with Crippen LogP contribution in [0.5, 0.6) is 0 Å². The van der Waals surface area contributed by atoms with E-state index in [2.05, 4.69) is 26.0 Å². The Labute approximate surface area is 199 Å². The van der Waals surface area contributed by atoms with Crippen molar-refractivity contribution in [3.63, 3.8) is 0 Å². The Balaban J connectivity index is 3.03. The van der Waals surface area contributed by atoms with Crippen molar-refractivity contribution in [2.75, 3.05) is 0 Å². The van der Waals surface area contributed by atoms with E-state index < -0.39 is 0 Å². The zero-order valence-electron chi connectivity index (χ0n) is 22.2. The summed E-state index contributed by atoms with van der Waals surface area (Å²) in [5.74, 6) is 0. The Kier molecular flexibility index (Phi) is 29.5. The lowest BCUT2D eigenvalue weighted by molar-refractivity contribution is 0.520. The molecule has 0 atom stereocenters. The lowest BCUT2D eigenvalue weighted by Gasteiger charge is -2.04. The van der Waals surface area contributed by atoms with Gasteiger partial charge in [-0.2, -0.15) is 0 Å². The minimum absolute atomic E-state index is 1.30. The predicted octanol–water partition coefficient (Wildman–Crippen LogP) is 12.1. The summed E-state index contributed by atoms with van der Waals surface area (Å²) in [6.45, 7) is 4.59. The van der Waals surface area contributed by atoms with Gasteiger partial charge in [0.2, 0.25) is 0 Å². The molecule has 0 aliphatic carbocycles. The second-order valence-corrected chi connectivity index (χ2v) is 10.2. The fourth-order valence-electron chi connectivity index (χ4n) is 4.62. The molecule has 0 N–H and O–H groups in total. The van der Waals surface area contributed by atoms with Gasteiger partial charge in [0.1, 0.15) is 0 Å². The molecular weight excluding hydrogens is 372 g/mol. The summed E-state index contributed by atoms with van der Waals surface area (Å²) in [7, 11) is 0. The average Bonchev–Trinajstić information content (AvgIpc) is 2.78. The summed E-state index contributed by atoms with van der Waals surface area (Å²) in [5, 5.41) is 0. The average molecular weight is 435 g/mol. The van der Waals surface area contributed by atoms with Gasteiger partial charge in [-0.3, -0.25) is 0 Å². The minimum Gasteiger partial charge on any atom is -0.0885 e. The molecule has 0 rings (SSSR count). The molecule has 0 aromatic heterocycles. The van der Waals surface area contributed by atoms with Gasteiger partial charge in [0.15, 0.2) is 0 Å². The normalized spacial score (nSPS) is 11.7. The van der Waals surface area contributed by atoms with Crippen molar-refractivity contribution in [2.45, 2.75) is 187 Å². The molecule has 0 aromatic carbocycles.